The molecule has 0 fully saturated rings. The first-order chi connectivity index (χ1) is 8.33. The lowest BCUT2D eigenvalue weighted by Gasteiger charge is -1.98. The fraction of sp³-hybridized carbons (Fsp3) is 0.0909. The van der Waals surface area contributed by atoms with Crippen molar-refractivity contribution in [2.45, 2.75) is 6.54 Å². The fourth-order valence-electron chi connectivity index (χ4n) is 1.58. The monoisotopic (exact) mass is 229 g/mol. The average molecular weight is 229 g/mol. The Bertz CT molecular complexity index is 609. The smallest absolute Gasteiger partial charge is 0.295 e. The van der Waals surface area contributed by atoms with Crippen LogP contribution in [0.4, 0.5) is 11.8 Å². The Labute approximate surface area is 96.8 Å². The minimum atomic E-state index is 0.479. The van der Waals surface area contributed by atoms with Crippen LogP contribution < -0.4 is 11.1 Å². The van der Waals surface area contributed by atoms with Crippen molar-refractivity contribution in [3.05, 3.63) is 36.0 Å². The maximum absolute atomic E-state index is 5.67. The van der Waals surface area contributed by atoms with Gasteiger partial charge in [0.25, 0.3) is 6.01 Å². The van der Waals surface area contributed by atoms with Crippen LogP contribution in [0.3, 0.4) is 0 Å². The van der Waals surface area contributed by atoms with E-state index in [2.05, 4.69) is 20.5 Å². The van der Waals surface area contributed by atoms with Crippen LogP contribution in [0.1, 0.15) is 5.56 Å². The van der Waals surface area contributed by atoms with Gasteiger partial charge < -0.3 is 15.5 Å². The SMILES string of the molecule is Nc1[nH]ncc1CNc1nc2ccccc2o1. The van der Waals surface area contributed by atoms with Gasteiger partial charge in [-0.15, -0.1) is 0 Å². The van der Waals surface area contributed by atoms with Gasteiger partial charge in [-0.3, -0.25) is 5.10 Å². The molecule has 4 N–H and O–H groups in total. The summed E-state index contributed by atoms with van der Waals surface area (Å²) in [5.74, 6) is 0.550. The second-order valence-electron chi connectivity index (χ2n) is 3.65. The van der Waals surface area contributed by atoms with Crippen molar-refractivity contribution in [1.82, 2.24) is 15.2 Å². The van der Waals surface area contributed by atoms with Crippen LogP contribution >= 0.6 is 0 Å². The first-order valence-corrected chi connectivity index (χ1v) is 5.20. The maximum Gasteiger partial charge on any atom is 0.295 e. The average Bonchev–Trinajstić information content (AvgIpc) is 2.92. The molecule has 0 saturated heterocycles. The largest absolute Gasteiger partial charge is 0.424 e. The molecular weight excluding hydrogens is 218 g/mol. The number of oxazole rings is 1. The van der Waals surface area contributed by atoms with Crippen LogP contribution in [-0.2, 0) is 6.54 Å². The van der Waals surface area contributed by atoms with Crippen LogP contribution in [0.25, 0.3) is 11.1 Å². The van der Waals surface area contributed by atoms with E-state index in [0.29, 0.717) is 18.4 Å². The Balaban J connectivity index is 1.79. The minimum absolute atomic E-state index is 0.479. The number of para-hydroxylation sites is 2. The summed E-state index contributed by atoms with van der Waals surface area (Å²) in [5, 5.41) is 9.56. The number of nitrogen functional groups attached to an aromatic ring is 1. The standard InChI is InChI=1S/C11H11N5O/c12-10-7(6-14-16-10)5-13-11-15-8-3-1-2-4-9(8)17-11/h1-4,6H,5H2,(H,13,15)(H3,12,14,16). The van der Waals surface area contributed by atoms with Gasteiger partial charge in [0.1, 0.15) is 11.3 Å². The van der Waals surface area contributed by atoms with Gasteiger partial charge in [-0.2, -0.15) is 10.1 Å². The van der Waals surface area contributed by atoms with Gasteiger partial charge in [-0.05, 0) is 12.1 Å². The van der Waals surface area contributed by atoms with E-state index < -0.39 is 0 Å². The molecular formula is C11H11N5O. The lowest BCUT2D eigenvalue weighted by molar-refractivity contribution is 0.614. The van der Waals surface area contributed by atoms with Crippen LogP contribution in [-0.4, -0.2) is 15.2 Å². The molecule has 0 radical (unpaired) electrons. The summed E-state index contributed by atoms with van der Waals surface area (Å²) >= 11 is 0. The van der Waals surface area contributed by atoms with E-state index >= 15 is 0 Å². The number of hydrogen-bond donors (Lipinski definition) is 3. The van der Waals surface area contributed by atoms with Gasteiger partial charge in [0.15, 0.2) is 5.58 Å². The lowest BCUT2D eigenvalue weighted by atomic mass is 10.3. The molecule has 2 heterocycles. The quantitative estimate of drug-likeness (QED) is 0.636. The number of benzene rings is 1. The number of nitrogens with one attached hydrogen (secondary N) is 2. The molecule has 86 valence electrons. The summed E-state index contributed by atoms with van der Waals surface area (Å²) in [5.41, 5.74) is 8.14. The number of nitrogens with zero attached hydrogens (tertiary/aromatic N) is 2. The number of aromatic nitrogens is 3. The molecule has 1 aromatic carbocycles. The lowest BCUT2D eigenvalue weighted by Crippen LogP contribution is -2.01. The summed E-state index contributed by atoms with van der Waals surface area (Å²) in [6.07, 6.45) is 1.67. The van der Waals surface area contributed by atoms with Gasteiger partial charge in [0, 0.05) is 12.1 Å². The normalized spacial score (nSPS) is 10.8. The van der Waals surface area contributed by atoms with E-state index in [1.54, 1.807) is 6.20 Å². The number of fused-ring (bicyclic) bond motifs is 1. The molecule has 2 aromatic heterocycles. The Morgan fingerprint density at radius 1 is 1.35 bits per heavy atom. The van der Waals surface area contributed by atoms with Gasteiger partial charge in [0.05, 0.1) is 6.20 Å². The first kappa shape index (κ1) is 9.71. The van der Waals surface area contributed by atoms with Crippen LogP contribution in [0, 0.1) is 0 Å². The summed E-state index contributed by atoms with van der Waals surface area (Å²) in [6.45, 7) is 0.523. The van der Waals surface area contributed by atoms with Crippen molar-refractivity contribution in [2.75, 3.05) is 11.1 Å². The second-order valence-corrected chi connectivity index (χ2v) is 3.65. The Morgan fingerprint density at radius 3 is 3.00 bits per heavy atom. The highest BCUT2D eigenvalue weighted by Gasteiger charge is 2.06. The Kier molecular flexibility index (Phi) is 2.18. The predicted octanol–water partition coefficient (Wildman–Crippen LogP) is 1.75. The van der Waals surface area contributed by atoms with Crippen molar-refractivity contribution in [3.63, 3.8) is 0 Å². The zero-order valence-electron chi connectivity index (χ0n) is 8.97. The maximum atomic E-state index is 5.67. The molecule has 0 bridgehead atoms. The molecule has 0 atom stereocenters. The molecule has 0 aliphatic heterocycles. The van der Waals surface area contributed by atoms with Gasteiger partial charge in [0.2, 0.25) is 0 Å². The van der Waals surface area contributed by atoms with Gasteiger partial charge in [-0.1, -0.05) is 12.1 Å². The van der Waals surface area contributed by atoms with Crippen molar-refractivity contribution in [1.29, 1.82) is 0 Å². The number of anilines is 2. The van der Waals surface area contributed by atoms with Gasteiger partial charge in [-0.25, -0.2) is 0 Å². The highest BCUT2D eigenvalue weighted by atomic mass is 16.4. The molecule has 0 spiro atoms. The third-order valence-electron chi connectivity index (χ3n) is 2.48. The van der Waals surface area contributed by atoms with E-state index in [0.717, 1.165) is 16.7 Å². The molecule has 17 heavy (non-hydrogen) atoms. The summed E-state index contributed by atoms with van der Waals surface area (Å²) < 4.78 is 5.51. The molecule has 6 heteroatoms. The molecule has 0 aliphatic rings. The van der Waals surface area contributed by atoms with Crippen LogP contribution in [0.15, 0.2) is 34.9 Å². The number of rotatable bonds is 3. The third kappa shape index (κ3) is 1.80. The Morgan fingerprint density at radius 2 is 2.24 bits per heavy atom. The van der Waals surface area contributed by atoms with Crippen molar-refractivity contribution in [2.24, 2.45) is 0 Å². The highest BCUT2D eigenvalue weighted by molar-refractivity contribution is 5.74. The molecule has 3 rings (SSSR count). The van der Waals surface area contributed by atoms with E-state index in [-0.39, 0.29) is 0 Å². The topological polar surface area (TPSA) is 92.8 Å². The predicted molar refractivity (Wildman–Crippen MR) is 64.3 cm³/mol. The number of aromatic amines is 1. The number of hydrogen-bond acceptors (Lipinski definition) is 5. The molecule has 3 aromatic rings. The van der Waals surface area contributed by atoms with E-state index in [1.165, 1.54) is 0 Å². The highest BCUT2D eigenvalue weighted by Crippen LogP contribution is 2.19. The number of nitrogens with two attached hydrogens (primary N) is 1. The zero-order chi connectivity index (χ0) is 11.7. The molecule has 0 unspecified atom stereocenters. The van der Waals surface area contributed by atoms with E-state index in [9.17, 15) is 0 Å². The minimum Gasteiger partial charge on any atom is -0.424 e. The van der Waals surface area contributed by atoms with Crippen LogP contribution in [0.2, 0.25) is 0 Å². The fourth-order valence-corrected chi connectivity index (χ4v) is 1.58. The van der Waals surface area contributed by atoms with E-state index in [1.807, 2.05) is 24.3 Å². The van der Waals surface area contributed by atoms with Crippen LogP contribution in [0.5, 0.6) is 0 Å². The molecule has 0 saturated carbocycles. The summed E-state index contributed by atoms with van der Waals surface area (Å²) in [4.78, 5) is 4.29. The zero-order valence-corrected chi connectivity index (χ0v) is 8.97. The molecule has 0 amide bonds. The summed E-state index contributed by atoms with van der Waals surface area (Å²) in [6, 6.07) is 8.08. The third-order valence-corrected chi connectivity index (χ3v) is 2.48. The number of H-pyrrole nitrogens is 1. The summed E-state index contributed by atoms with van der Waals surface area (Å²) in [7, 11) is 0. The van der Waals surface area contributed by atoms with Gasteiger partial charge >= 0.3 is 0 Å². The van der Waals surface area contributed by atoms with Crippen molar-refractivity contribution in [3.8, 4) is 0 Å². The second kappa shape index (κ2) is 3.82. The Hall–Kier alpha value is -2.50. The first-order valence-electron chi connectivity index (χ1n) is 5.20. The molecule has 6 nitrogen and oxygen atoms in total. The molecule has 0 aliphatic carbocycles. The van der Waals surface area contributed by atoms with Crippen molar-refractivity contribution < 1.29 is 4.42 Å². The van der Waals surface area contributed by atoms with Crippen molar-refractivity contribution >= 4 is 22.9 Å². The van der Waals surface area contributed by atoms with E-state index in [4.69, 9.17) is 10.2 Å².